The van der Waals surface area contributed by atoms with E-state index in [2.05, 4.69) is 15.4 Å². The first-order chi connectivity index (χ1) is 12.1. The molecule has 1 amide bonds. The first-order valence-electron chi connectivity index (χ1n) is 8.13. The number of hydrogen-bond donors (Lipinski definition) is 1. The SMILES string of the molecule is CN(C)CCNC(=O)c1cn(-c2ccccc2)nc1-c1cccnc1.Cl. The van der Waals surface area contributed by atoms with Crippen molar-refractivity contribution in [3.05, 3.63) is 66.6 Å². The molecule has 0 spiro atoms. The summed E-state index contributed by atoms with van der Waals surface area (Å²) in [6, 6.07) is 13.5. The van der Waals surface area contributed by atoms with Gasteiger partial charge in [0, 0.05) is 37.2 Å². The lowest BCUT2D eigenvalue weighted by atomic mass is 10.1. The average molecular weight is 372 g/mol. The molecular formula is C19H22ClN5O. The Labute approximate surface area is 159 Å². The second-order valence-corrected chi connectivity index (χ2v) is 5.97. The summed E-state index contributed by atoms with van der Waals surface area (Å²) >= 11 is 0. The summed E-state index contributed by atoms with van der Waals surface area (Å²) < 4.78 is 1.73. The molecule has 3 rings (SSSR count). The predicted octanol–water partition coefficient (Wildman–Crippen LogP) is 2.65. The third-order valence-electron chi connectivity index (χ3n) is 3.76. The molecule has 0 unspecified atom stereocenters. The van der Waals surface area contributed by atoms with Crippen molar-refractivity contribution in [1.82, 2.24) is 25.0 Å². The number of hydrogen-bond acceptors (Lipinski definition) is 4. The molecule has 1 N–H and O–H groups in total. The molecule has 0 aliphatic heterocycles. The molecule has 2 aromatic heterocycles. The highest BCUT2D eigenvalue weighted by Gasteiger charge is 2.18. The van der Waals surface area contributed by atoms with E-state index in [1.165, 1.54) is 0 Å². The van der Waals surface area contributed by atoms with Crippen LogP contribution in [0.25, 0.3) is 16.9 Å². The first-order valence-corrected chi connectivity index (χ1v) is 8.13. The van der Waals surface area contributed by atoms with Crippen molar-refractivity contribution in [3.8, 4) is 16.9 Å². The lowest BCUT2D eigenvalue weighted by molar-refractivity contribution is 0.0951. The smallest absolute Gasteiger partial charge is 0.255 e. The maximum Gasteiger partial charge on any atom is 0.255 e. The van der Waals surface area contributed by atoms with E-state index in [0.29, 0.717) is 17.8 Å². The average Bonchev–Trinajstić information content (AvgIpc) is 3.08. The summed E-state index contributed by atoms with van der Waals surface area (Å²) in [5, 5.41) is 7.57. The van der Waals surface area contributed by atoms with Gasteiger partial charge < -0.3 is 10.2 Å². The Morgan fingerprint density at radius 1 is 1.15 bits per heavy atom. The van der Waals surface area contributed by atoms with Gasteiger partial charge in [0.15, 0.2) is 0 Å². The van der Waals surface area contributed by atoms with Crippen molar-refractivity contribution in [3.63, 3.8) is 0 Å². The Morgan fingerprint density at radius 2 is 1.92 bits per heavy atom. The van der Waals surface area contributed by atoms with Gasteiger partial charge >= 0.3 is 0 Å². The minimum atomic E-state index is -0.136. The van der Waals surface area contributed by atoms with Gasteiger partial charge in [-0.05, 0) is 38.4 Å². The molecule has 1 aromatic carbocycles. The predicted molar refractivity (Wildman–Crippen MR) is 105 cm³/mol. The zero-order valence-electron chi connectivity index (χ0n) is 14.8. The van der Waals surface area contributed by atoms with Gasteiger partial charge in [-0.1, -0.05) is 18.2 Å². The molecule has 0 saturated heterocycles. The van der Waals surface area contributed by atoms with Gasteiger partial charge in [-0.25, -0.2) is 4.68 Å². The van der Waals surface area contributed by atoms with E-state index in [1.54, 1.807) is 23.3 Å². The number of para-hydroxylation sites is 1. The number of benzene rings is 1. The van der Waals surface area contributed by atoms with Crippen molar-refractivity contribution in [2.24, 2.45) is 0 Å². The largest absolute Gasteiger partial charge is 0.351 e. The Kier molecular flexibility index (Phi) is 6.89. The van der Waals surface area contributed by atoms with Crippen molar-refractivity contribution in [2.45, 2.75) is 0 Å². The summed E-state index contributed by atoms with van der Waals surface area (Å²) in [6.07, 6.45) is 5.19. The third kappa shape index (κ3) is 4.68. The van der Waals surface area contributed by atoms with E-state index in [1.807, 2.05) is 61.5 Å². The van der Waals surface area contributed by atoms with Crippen LogP contribution in [0.15, 0.2) is 61.1 Å². The van der Waals surface area contributed by atoms with Gasteiger partial charge in [-0.2, -0.15) is 5.10 Å². The zero-order chi connectivity index (χ0) is 17.6. The number of likely N-dealkylation sites (N-methyl/N-ethyl adjacent to an activating group) is 1. The lowest BCUT2D eigenvalue weighted by Gasteiger charge is -2.10. The summed E-state index contributed by atoms with van der Waals surface area (Å²) in [6.45, 7) is 1.36. The van der Waals surface area contributed by atoms with E-state index < -0.39 is 0 Å². The highest BCUT2D eigenvalue weighted by molar-refractivity contribution is 5.99. The van der Waals surface area contributed by atoms with Crippen LogP contribution < -0.4 is 5.32 Å². The van der Waals surface area contributed by atoms with E-state index in [4.69, 9.17) is 0 Å². The molecular weight excluding hydrogens is 350 g/mol. The minimum Gasteiger partial charge on any atom is -0.351 e. The van der Waals surface area contributed by atoms with Crippen LogP contribution in [0.5, 0.6) is 0 Å². The van der Waals surface area contributed by atoms with Gasteiger partial charge in [0.25, 0.3) is 5.91 Å². The van der Waals surface area contributed by atoms with Crippen LogP contribution in [-0.2, 0) is 0 Å². The number of carbonyl (C=O) groups is 1. The zero-order valence-corrected chi connectivity index (χ0v) is 15.6. The van der Waals surface area contributed by atoms with Crippen molar-refractivity contribution in [2.75, 3.05) is 27.2 Å². The van der Waals surface area contributed by atoms with Crippen molar-refractivity contribution in [1.29, 1.82) is 0 Å². The lowest BCUT2D eigenvalue weighted by Crippen LogP contribution is -2.31. The molecule has 3 aromatic rings. The molecule has 0 fully saturated rings. The number of nitrogens with one attached hydrogen (secondary N) is 1. The topological polar surface area (TPSA) is 63.1 Å². The normalized spacial score (nSPS) is 10.4. The summed E-state index contributed by atoms with van der Waals surface area (Å²) in [7, 11) is 3.95. The number of halogens is 1. The van der Waals surface area contributed by atoms with Crippen LogP contribution in [0.2, 0.25) is 0 Å². The van der Waals surface area contributed by atoms with Crippen molar-refractivity contribution < 1.29 is 4.79 Å². The molecule has 2 heterocycles. The van der Waals surface area contributed by atoms with Crippen LogP contribution in [0.1, 0.15) is 10.4 Å². The number of amides is 1. The van der Waals surface area contributed by atoms with Gasteiger partial charge in [-0.15, -0.1) is 12.4 Å². The van der Waals surface area contributed by atoms with E-state index in [9.17, 15) is 4.79 Å². The number of aromatic nitrogens is 3. The molecule has 0 atom stereocenters. The quantitative estimate of drug-likeness (QED) is 0.723. The van der Waals surface area contributed by atoms with Crippen molar-refractivity contribution >= 4 is 18.3 Å². The van der Waals surface area contributed by atoms with Crippen LogP contribution >= 0.6 is 12.4 Å². The van der Waals surface area contributed by atoms with E-state index in [-0.39, 0.29) is 18.3 Å². The minimum absolute atomic E-state index is 0. The standard InChI is InChI=1S/C19H21N5O.ClH/c1-23(2)12-11-21-19(25)17-14-24(16-8-4-3-5-9-16)22-18(17)15-7-6-10-20-13-15;/h3-10,13-14H,11-12H2,1-2H3,(H,21,25);1H. The Balaban J connectivity index is 0.00000243. The maximum absolute atomic E-state index is 12.7. The summed E-state index contributed by atoms with van der Waals surface area (Å²) in [5.41, 5.74) is 2.88. The molecule has 7 heteroatoms. The summed E-state index contributed by atoms with van der Waals surface area (Å²) in [4.78, 5) is 18.8. The molecule has 0 radical (unpaired) electrons. The van der Waals surface area contributed by atoms with Gasteiger partial charge in [0.05, 0.1) is 11.3 Å². The summed E-state index contributed by atoms with van der Waals surface area (Å²) in [5.74, 6) is -0.136. The van der Waals surface area contributed by atoms with Gasteiger partial charge in [-0.3, -0.25) is 9.78 Å². The van der Waals surface area contributed by atoms with Gasteiger partial charge in [0.1, 0.15) is 5.69 Å². The maximum atomic E-state index is 12.7. The Morgan fingerprint density at radius 3 is 2.58 bits per heavy atom. The molecule has 0 aliphatic carbocycles. The second kappa shape index (κ2) is 9.12. The fourth-order valence-corrected chi connectivity index (χ4v) is 2.46. The Bertz CT molecular complexity index is 834. The molecule has 0 aliphatic rings. The molecule has 26 heavy (non-hydrogen) atoms. The molecule has 0 bridgehead atoms. The van der Waals surface area contributed by atoms with Crippen LogP contribution in [-0.4, -0.2) is 52.8 Å². The molecule has 136 valence electrons. The fourth-order valence-electron chi connectivity index (χ4n) is 2.46. The van der Waals surface area contributed by atoms with Crippen LogP contribution in [0.4, 0.5) is 0 Å². The molecule has 6 nitrogen and oxygen atoms in total. The molecule has 0 saturated carbocycles. The van der Waals surface area contributed by atoms with Gasteiger partial charge in [0.2, 0.25) is 0 Å². The van der Waals surface area contributed by atoms with Crippen LogP contribution in [0.3, 0.4) is 0 Å². The monoisotopic (exact) mass is 371 g/mol. The number of rotatable bonds is 6. The van der Waals surface area contributed by atoms with E-state index >= 15 is 0 Å². The number of pyridine rings is 1. The third-order valence-corrected chi connectivity index (χ3v) is 3.76. The van der Waals surface area contributed by atoms with E-state index in [0.717, 1.165) is 17.8 Å². The Hall–Kier alpha value is -2.70. The van der Waals surface area contributed by atoms with Crippen LogP contribution in [0, 0.1) is 0 Å². The highest BCUT2D eigenvalue weighted by Crippen LogP contribution is 2.23. The number of nitrogens with zero attached hydrogens (tertiary/aromatic N) is 4. The first kappa shape index (κ1) is 19.6. The fraction of sp³-hybridized carbons (Fsp3) is 0.211. The second-order valence-electron chi connectivity index (χ2n) is 5.97. The highest BCUT2D eigenvalue weighted by atomic mass is 35.5. The number of carbonyl (C=O) groups excluding carboxylic acids is 1.